The van der Waals surface area contributed by atoms with E-state index in [1.165, 1.54) is 13.0 Å². The molecule has 0 aliphatic carbocycles. The molecular weight excluding hydrogens is 336 g/mol. The zero-order valence-electron chi connectivity index (χ0n) is 15.3. The largest absolute Gasteiger partial charge is 0.486 e. The van der Waals surface area contributed by atoms with Gasteiger partial charge < -0.3 is 19.3 Å². The van der Waals surface area contributed by atoms with E-state index in [2.05, 4.69) is 10.5 Å². The third kappa shape index (κ3) is 6.33. The van der Waals surface area contributed by atoms with Crippen LogP contribution in [0.4, 0.5) is 0 Å². The van der Waals surface area contributed by atoms with Crippen LogP contribution < -0.4 is 10.1 Å². The molecule has 0 saturated heterocycles. The van der Waals surface area contributed by atoms with E-state index < -0.39 is 0 Å². The number of nitrogens with zero attached hydrogens (tertiary/aromatic N) is 1. The minimum absolute atomic E-state index is 0.0344. The predicted octanol–water partition coefficient (Wildman–Crippen LogP) is 3.00. The van der Waals surface area contributed by atoms with E-state index in [-0.39, 0.29) is 30.1 Å². The van der Waals surface area contributed by atoms with Crippen molar-refractivity contribution in [2.24, 2.45) is 0 Å². The molecule has 0 spiro atoms. The summed E-state index contributed by atoms with van der Waals surface area (Å²) in [7, 11) is 0. The van der Waals surface area contributed by atoms with Gasteiger partial charge in [-0.25, -0.2) is 0 Å². The van der Waals surface area contributed by atoms with Crippen LogP contribution in [-0.2, 0) is 11.3 Å². The van der Waals surface area contributed by atoms with E-state index in [9.17, 15) is 9.59 Å². The van der Waals surface area contributed by atoms with Gasteiger partial charge in [-0.3, -0.25) is 9.59 Å². The van der Waals surface area contributed by atoms with Gasteiger partial charge >= 0.3 is 0 Å². The first kappa shape index (κ1) is 19.7. The number of amides is 1. The molecular formula is C19H24N2O5. The minimum Gasteiger partial charge on any atom is -0.486 e. The first-order valence-corrected chi connectivity index (χ1v) is 8.55. The van der Waals surface area contributed by atoms with Crippen molar-refractivity contribution in [1.82, 2.24) is 10.5 Å². The molecule has 0 fully saturated rings. The number of hydrogen-bond acceptors (Lipinski definition) is 6. The van der Waals surface area contributed by atoms with Crippen molar-refractivity contribution in [3.8, 4) is 5.75 Å². The highest BCUT2D eigenvalue weighted by atomic mass is 16.5. The number of benzene rings is 1. The van der Waals surface area contributed by atoms with Crippen molar-refractivity contribution in [2.75, 3.05) is 13.2 Å². The molecule has 0 radical (unpaired) electrons. The van der Waals surface area contributed by atoms with Crippen LogP contribution in [0.1, 0.15) is 53.8 Å². The second kappa shape index (κ2) is 9.72. The maximum absolute atomic E-state index is 12.0. The zero-order valence-corrected chi connectivity index (χ0v) is 15.3. The number of Topliss-reactive ketones (excluding diaryl/α,β-unsaturated/α-hetero) is 1. The summed E-state index contributed by atoms with van der Waals surface area (Å²) >= 11 is 0. The molecule has 0 saturated carbocycles. The highest BCUT2D eigenvalue weighted by Gasteiger charge is 2.12. The summed E-state index contributed by atoms with van der Waals surface area (Å²) in [5.41, 5.74) is 0.771. The number of carbonyl (C=O) groups is 2. The lowest BCUT2D eigenvalue weighted by Crippen LogP contribution is -2.25. The third-order valence-corrected chi connectivity index (χ3v) is 3.47. The van der Waals surface area contributed by atoms with Gasteiger partial charge in [0.05, 0.1) is 6.10 Å². The Balaban J connectivity index is 1.79. The fourth-order valence-corrected chi connectivity index (χ4v) is 2.13. The smallest absolute Gasteiger partial charge is 0.273 e. The molecule has 1 heterocycles. The fraction of sp³-hybridized carbons (Fsp3) is 0.421. The number of ether oxygens (including phenoxy) is 2. The molecule has 0 unspecified atom stereocenters. The molecule has 0 aliphatic rings. The molecule has 140 valence electrons. The molecule has 0 atom stereocenters. The van der Waals surface area contributed by atoms with Crippen LogP contribution in [0.5, 0.6) is 5.75 Å². The Hall–Kier alpha value is -2.67. The van der Waals surface area contributed by atoms with Crippen LogP contribution in [0.15, 0.2) is 34.9 Å². The molecule has 1 N–H and O–H groups in total. The van der Waals surface area contributed by atoms with E-state index in [1.807, 2.05) is 13.8 Å². The lowest BCUT2D eigenvalue weighted by Gasteiger charge is -2.07. The van der Waals surface area contributed by atoms with Crippen molar-refractivity contribution in [1.29, 1.82) is 0 Å². The second-order valence-corrected chi connectivity index (χ2v) is 6.08. The van der Waals surface area contributed by atoms with Gasteiger partial charge in [0.25, 0.3) is 5.91 Å². The number of rotatable bonds is 10. The van der Waals surface area contributed by atoms with Crippen LogP contribution >= 0.6 is 0 Å². The Morgan fingerprint density at radius 3 is 2.81 bits per heavy atom. The van der Waals surface area contributed by atoms with Crippen molar-refractivity contribution in [2.45, 2.75) is 39.9 Å². The average Bonchev–Trinajstić information content (AvgIpc) is 3.08. The van der Waals surface area contributed by atoms with Gasteiger partial charge in [0.2, 0.25) is 0 Å². The Bertz CT molecular complexity index is 739. The van der Waals surface area contributed by atoms with Crippen LogP contribution in [0.2, 0.25) is 0 Å². The minimum atomic E-state index is -0.303. The summed E-state index contributed by atoms with van der Waals surface area (Å²) in [4.78, 5) is 23.4. The summed E-state index contributed by atoms with van der Waals surface area (Å²) in [6, 6.07) is 8.41. The average molecular weight is 360 g/mol. The molecule has 1 aromatic heterocycles. The summed E-state index contributed by atoms with van der Waals surface area (Å²) in [6.45, 7) is 6.64. The highest BCUT2D eigenvalue weighted by Crippen LogP contribution is 2.16. The molecule has 0 aliphatic heterocycles. The summed E-state index contributed by atoms with van der Waals surface area (Å²) < 4.78 is 16.1. The summed E-state index contributed by atoms with van der Waals surface area (Å²) in [6.07, 6.45) is 0.907. The van der Waals surface area contributed by atoms with Gasteiger partial charge in [0.1, 0.15) is 12.4 Å². The maximum Gasteiger partial charge on any atom is 0.273 e. The molecule has 2 aromatic rings. The molecule has 26 heavy (non-hydrogen) atoms. The predicted molar refractivity (Wildman–Crippen MR) is 95.3 cm³/mol. The molecule has 1 amide bonds. The summed E-state index contributed by atoms with van der Waals surface area (Å²) in [5.74, 6) is 0.632. The summed E-state index contributed by atoms with van der Waals surface area (Å²) in [5, 5.41) is 6.51. The Kier molecular flexibility index (Phi) is 7.35. The van der Waals surface area contributed by atoms with Crippen LogP contribution in [0.3, 0.4) is 0 Å². The fourth-order valence-electron chi connectivity index (χ4n) is 2.13. The maximum atomic E-state index is 12.0. The zero-order chi connectivity index (χ0) is 18.9. The molecule has 0 bridgehead atoms. The molecule has 2 rings (SSSR count). The van der Waals surface area contributed by atoms with Gasteiger partial charge in [-0.1, -0.05) is 17.3 Å². The number of hydrogen-bond donors (Lipinski definition) is 1. The first-order chi connectivity index (χ1) is 12.5. The van der Waals surface area contributed by atoms with Gasteiger partial charge in [-0.15, -0.1) is 0 Å². The Morgan fingerprint density at radius 1 is 1.27 bits per heavy atom. The molecule has 7 heteroatoms. The van der Waals surface area contributed by atoms with Crippen molar-refractivity contribution < 1.29 is 23.6 Å². The van der Waals surface area contributed by atoms with E-state index in [0.717, 1.165) is 6.42 Å². The normalized spacial score (nSPS) is 10.8. The Morgan fingerprint density at radius 2 is 2.08 bits per heavy atom. The van der Waals surface area contributed by atoms with E-state index in [0.29, 0.717) is 30.2 Å². The van der Waals surface area contributed by atoms with Crippen LogP contribution in [0.25, 0.3) is 0 Å². The van der Waals surface area contributed by atoms with Gasteiger partial charge in [0.15, 0.2) is 17.2 Å². The number of nitrogens with one attached hydrogen (secondary N) is 1. The van der Waals surface area contributed by atoms with E-state index in [4.69, 9.17) is 14.0 Å². The van der Waals surface area contributed by atoms with Gasteiger partial charge in [-0.05, 0) is 39.3 Å². The topological polar surface area (TPSA) is 90.7 Å². The van der Waals surface area contributed by atoms with Gasteiger partial charge in [-0.2, -0.15) is 0 Å². The van der Waals surface area contributed by atoms with Crippen molar-refractivity contribution in [3.63, 3.8) is 0 Å². The number of ketones is 1. The van der Waals surface area contributed by atoms with E-state index >= 15 is 0 Å². The third-order valence-electron chi connectivity index (χ3n) is 3.47. The quantitative estimate of drug-likeness (QED) is 0.517. The van der Waals surface area contributed by atoms with Crippen LogP contribution in [-0.4, -0.2) is 36.1 Å². The standard InChI is InChI=1S/C19H24N2O5/c1-13(2)24-9-5-8-20-19(23)18-11-17(26-21-18)12-25-16-7-4-6-15(10-16)14(3)22/h4,6-7,10-11,13H,5,8-9,12H2,1-3H3,(H,20,23). The molecule has 1 aromatic carbocycles. The number of carbonyl (C=O) groups excluding carboxylic acids is 2. The van der Waals surface area contributed by atoms with Crippen molar-refractivity contribution in [3.05, 3.63) is 47.3 Å². The second-order valence-electron chi connectivity index (χ2n) is 6.08. The monoisotopic (exact) mass is 360 g/mol. The van der Waals surface area contributed by atoms with Gasteiger partial charge in [0, 0.05) is 24.8 Å². The van der Waals surface area contributed by atoms with Crippen molar-refractivity contribution >= 4 is 11.7 Å². The number of aromatic nitrogens is 1. The lowest BCUT2D eigenvalue weighted by atomic mass is 10.1. The lowest BCUT2D eigenvalue weighted by molar-refractivity contribution is 0.0756. The Labute approximate surface area is 152 Å². The van der Waals surface area contributed by atoms with E-state index in [1.54, 1.807) is 24.3 Å². The molecule has 7 nitrogen and oxygen atoms in total. The first-order valence-electron chi connectivity index (χ1n) is 8.55. The van der Waals surface area contributed by atoms with Crippen LogP contribution in [0, 0.1) is 0 Å². The SMILES string of the molecule is CC(=O)c1cccc(OCc2cc(C(=O)NCCCOC(C)C)no2)c1. The highest BCUT2D eigenvalue weighted by molar-refractivity contribution is 5.94.